The van der Waals surface area contributed by atoms with Crippen LogP contribution in [-0.4, -0.2) is 23.9 Å². The number of hydrazine groups is 1. The second-order valence-corrected chi connectivity index (χ2v) is 6.75. The largest absolute Gasteiger partial charge is 0.462 e. The molecule has 1 heterocycles. The van der Waals surface area contributed by atoms with E-state index in [-0.39, 0.29) is 41.3 Å². The van der Waals surface area contributed by atoms with Crippen LogP contribution in [0.3, 0.4) is 0 Å². The van der Waals surface area contributed by atoms with Gasteiger partial charge in [-0.15, -0.1) is 0 Å². The molecule has 120 valence electrons. The highest BCUT2D eigenvalue weighted by atomic mass is 35.5. The molecule has 23 heavy (non-hydrogen) atoms. The molecule has 3 fully saturated rings. The van der Waals surface area contributed by atoms with E-state index in [4.69, 9.17) is 16.3 Å². The van der Waals surface area contributed by atoms with Crippen molar-refractivity contribution in [3.05, 3.63) is 34.9 Å². The first kappa shape index (κ1) is 14.5. The first-order valence-electron chi connectivity index (χ1n) is 7.61. The van der Waals surface area contributed by atoms with Crippen molar-refractivity contribution in [3.8, 4) is 0 Å². The van der Waals surface area contributed by atoms with Crippen LogP contribution in [-0.2, 0) is 14.3 Å². The Labute approximate surface area is 137 Å². The molecule has 2 bridgehead atoms. The minimum absolute atomic E-state index is 0.0146. The fourth-order valence-corrected chi connectivity index (χ4v) is 4.50. The second kappa shape index (κ2) is 5.23. The lowest BCUT2D eigenvalue weighted by atomic mass is 9.79. The number of fused-ring (bicyclic) bond motifs is 1. The van der Waals surface area contributed by atoms with Crippen molar-refractivity contribution in [1.82, 2.24) is 10.9 Å². The Morgan fingerprint density at radius 2 is 1.96 bits per heavy atom. The molecule has 2 N–H and O–H groups in total. The van der Waals surface area contributed by atoms with Crippen molar-refractivity contribution >= 4 is 29.4 Å². The van der Waals surface area contributed by atoms with E-state index in [1.807, 2.05) is 0 Å². The number of hydrogen-bond acceptors (Lipinski definition) is 4. The quantitative estimate of drug-likeness (QED) is 0.630. The van der Waals surface area contributed by atoms with E-state index in [0.29, 0.717) is 5.02 Å². The Morgan fingerprint density at radius 1 is 1.17 bits per heavy atom. The molecular formula is C16H15ClN2O4. The third kappa shape index (κ3) is 2.20. The number of rotatable bonds is 2. The first-order valence-corrected chi connectivity index (χ1v) is 7.99. The van der Waals surface area contributed by atoms with Crippen LogP contribution < -0.4 is 10.9 Å². The molecule has 2 amide bonds. The topological polar surface area (TPSA) is 84.5 Å². The minimum Gasteiger partial charge on any atom is -0.462 e. The molecule has 0 unspecified atom stereocenters. The summed E-state index contributed by atoms with van der Waals surface area (Å²) in [5, 5.41) is 0.307. The molecular weight excluding hydrogens is 320 g/mol. The van der Waals surface area contributed by atoms with Gasteiger partial charge in [-0.3, -0.25) is 25.2 Å². The average Bonchev–Trinajstić information content (AvgIpc) is 3.14. The molecule has 1 saturated heterocycles. The molecule has 0 radical (unpaired) electrons. The van der Waals surface area contributed by atoms with Crippen molar-refractivity contribution in [2.45, 2.75) is 18.9 Å². The number of hydrogen-bond donors (Lipinski definition) is 2. The van der Waals surface area contributed by atoms with Crippen molar-refractivity contribution in [3.63, 3.8) is 0 Å². The number of nitrogens with one attached hydrogen (secondary N) is 2. The van der Waals surface area contributed by atoms with E-state index in [1.54, 1.807) is 24.3 Å². The fraction of sp³-hybridized carbons (Fsp3) is 0.438. The van der Waals surface area contributed by atoms with Gasteiger partial charge in [0.1, 0.15) is 6.10 Å². The highest BCUT2D eigenvalue weighted by Crippen LogP contribution is 2.57. The van der Waals surface area contributed by atoms with Gasteiger partial charge in [-0.2, -0.15) is 0 Å². The Kier molecular flexibility index (Phi) is 3.30. The van der Waals surface area contributed by atoms with Gasteiger partial charge in [0.2, 0.25) is 5.91 Å². The zero-order valence-electron chi connectivity index (χ0n) is 12.1. The third-order valence-corrected chi connectivity index (χ3v) is 5.53. The molecule has 2 aliphatic carbocycles. The van der Waals surface area contributed by atoms with Crippen molar-refractivity contribution in [2.75, 3.05) is 0 Å². The Morgan fingerprint density at radius 3 is 2.74 bits per heavy atom. The van der Waals surface area contributed by atoms with Crippen LogP contribution in [0, 0.1) is 23.7 Å². The number of carbonyl (C=O) groups is 3. The van der Waals surface area contributed by atoms with E-state index in [9.17, 15) is 14.4 Å². The van der Waals surface area contributed by atoms with Crippen LogP contribution in [0.5, 0.6) is 0 Å². The molecule has 4 rings (SSSR count). The van der Waals surface area contributed by atoms with Crippen LogP contribution in [0.1, 0.15) is 23.2 Å². The predicted octanol–water partition coefficient (Wildman–Crippen LogP) is 1.30. The Balaban J connectivity index is 1.42. The summed E-state index contributed by atoms with van der Waals surface area (Å²) in [5.41, 5.74) is 5.09. The summed E-state index contributed by atoms with van der Waals surface area (Å²) in [6.45, 7) is 0. The Hall–Kier alpha value is -2.08. The first-order chi connectivity index (χ1) is 11.1. The van der Waals surface area contributed by atoms with Crippen molar-refractivity contribution in [1.29, 1.82) is 0 Å². The lowest BCUT2D eigenvalue weighted by Gasteiger charge is -2.23. The Bertz CT molecular complexity index is 705. The fourth-order valence-electron chi connectivity index (χ4n) is 4.28. The lowest BCUT2D eigenvalue weighted by molar-refractivity contribution is -0.146. The van der Waals surface area contributed by atoms with E-state index >= 15 is 0 Å². The van der Waals surface area contributed by atoms with Crippen molar-refractivity contribution in [2.24, 2.45) is 23.7 Å². The number of ether oxygens (including phenoxy) is 1. The summed E-state index contributed by atoms with van der Waals surface area (Å²) in [4.78, 5) is 36.4. The van der Waals surface area contributed by atoms with Gasteiger partial charge < -0.3 is 4.74 Å². The predicted molar refractivity (Wildman–Crippen MR) is 80.1 cm³/mol. The van der Waals surface area contributed by atoms with Gasteiger partial charge in [0, 0.05) is 5.92 Å². The minimum atomic E-state index is -0.487. The lowest BCUT2D eigenvalue weighted by Crippen LogP contribution is -2.48. The molecule has 6 nitrogen and oxygen atoms in total. The molecule has 7 heteroatoms. The van der Waals surface area contributed by atoms with E-state index in [1.165, 1.54) is 0 Å². The van der Waals surface area contributed by atoms with Crippen LogP contribution in [0.25, 0.3) is 0 Å². The normalized spacial score (nSPS) is 33.4. The van der Waals surface area contributed by atoms with E-state index in [2.05, 4.69) is 10.9 Å². The molecule has 0 aromatic heterocycles. The zero-order valence-corrected chi connectivity index (χ0v) is 12.9. The monoisotopic (exact) mass is 334 g/mol. The summed E-state index contributed by atoms with van der Waals surface area (Å²) in [7, 11) is 0. The molecule has 3 aliphatic rings. The van der Waals surface area contributed by atoms with Gasteiger partial charge in [0.25, 0.3) is 5.91 Å². The molecule has 2 saturated carbocycles. The van der Waals surface area contributed by atoms with E-state index in [0.717, 1.165) is 12.8 Å². The van der Waals surface area contributed by atoms with Crippen LogP contribution in [0.15, 0.2) is 24.3 Å². The maximum absolute atomic E-state index is 12.4. The van der Waals surface area contributed by atoms with Gasteiger partial charge in [-0.1, -0.05) is 23.7 Å². The van der Waals surface area contributed by atoms with Crippen LogP contribution in [0.4, 0.5) is 0 Å². The molecule has 5 atom stereocenters. The molecule has 1 aromatic rings. The van der Waals surface area contributed by atoms with E-state index < -0.39 is 11.8 Å². The SMILES string of the molecule is O=C(NNC(=O)[C@H]1[C@@H]2C[C@H]3[C@@H]1C(=O)O[C@@H]3C2)c1ccccc1Cl. The molecule has 1 aromatic carbocycles. The molecule has 0 spiro atoms. The van der Waals surface area contributed by atoms with Gasteiger partial charge in [0.05, 0.1) is 22.4 Å². The summed E-state index contributed by atoms with van der Waals surface area (Å²) >= 11 is 5.95. The zero-order chi connectivity index (χ0) is 16.1. The summed E-state index contributed by atoms with van der Waals surface area (Å²) < 4.78 is 5.31. The number of esters is 1. The average molecular weight is 335 g/mol. The molecule has 1 aliphatic heterocycles. The summed E-state index contributed by atoms with van der Waals surface area (Å²) in [5.74, 6) is -1.58. The van der Waals surface area contributed by atoms with Gasteiger partial charge >= 0.3 is 5.97 Å². The van der Waals surface area contributed by atoms with Gasteiger partial charge in [0.15, 0.2) is 0 Å². The number of benzene rings is 1. The summed E-state index contributed by atoms with van der Waals surface area (Å²) in [6, 6.07) is 6.57. The highest BCUT2D eigenvalue weighted by Gasteiger charge is 2.63. The van der Waals surface area contributed by atoms with Gasteiger partial charge in [-0.25, -0.2) is 0 Å². The van der Waals surface area contributed by atoms with Crippen LogP contribution in [0.2, 0.25) is 5.02 Å². The smallest absolute Gasteiger partial charge is 0.310 e. The van der Waals surface area contributed by atoms with Gasteiger partial charge in [-0.05, 0) is 30.9 Å². The number of halogens is 1. The van der Waals surface area contributed by atoms with Crippen molar-refractivity contribution < 1.29 is 19.1 Å². The second-order valence-electron chi connectivity index (χ2n) is 6.35. The number of carbonyl (C=O) groups excluding carboxylic acids is 3. The third-order valence-electron chi connectivity index (χ3n) is 5.20. The number of amides is 2. The standard InChI is InChI=1S/C16H15ClN2O4/c17-10-4-2-1-3-8(10)14(20)18-19-15(21)12-7-5-9-11(6-7)23-16(22)13(9)12/h1-4,7,9,11-13H,5-6H2,(H,18,20)(H,19,21)/t7-,9-,11-,12+,13+/m1/s1. The maximum Gasteiger partial charge on any atom is 0.310 e. The highest BCUT2D eigenvalue weighted by molar-refractivity contribution is 6.33. The van der Waals surface area contributed by atoms with Crippen LogP contribution >= 0.6 is 11.6 Å². The summed E-state index contributed by atoms with van der Waals surface area (Å²) in [6.07, 6.45) is 1.57. The maximum atomic E-state index is 12.4.